The zero-order valence-corrected chi connectivity index (χ0v) is 29.9. The van der Waals surface area contributed by atoms with Gasteiger partial charge in [-0.05, 0) is 64.8 Å². The first-order valence-corrected chi connectivity index (χ1v) is 17.9. The Kier molecular flexibility index (Phi) is 15.7. The van der Waals surface area contributed by atoms with Gasteiger partial charge in [0.25, 0.3) is 0 Å². The molecule has 0 aromatic heterocycles. The van der Waals surface area contributed by atoms with Gasteiger partial charge in [0.1, 0.15) is 12.4 Å². The van der Waals surface area contributed by atoms with Crippen LogP contribution in [0.1, 0.15) is 60.1 Å². The van der Waals surface area contributed by atoms with Crippen LogP contribution in [0.4, 0.5) is 0 Å². The fourth-order valence-corrected chi connectivity index (χ4v) is 6.08. The fourth-order valence-electron chi connectivity index (χ4n) is 6.08. The molecule has 0 aliphatic rings. The number of nitrogens with two attached hydrogens (primary N) is 1. The molecule has 0 saturated heterocycles. The van der Waals surface area contributed by atoms with Gasteiger partial charge in [0.2, 0.25) is 17.7 Å². The number of rotatable bonds is 21. The Balaban J connectivity index is 1.47. The van der Waals surface area contributed by atoms with Gasteiger partial charge in [0.15, 0.2) is 0 Å². The molecule has 0 fully saturated rings. The second-order valence-corrected chi connectivity index (χ2v) is 13.0. The van der Waals surface area contributed by atoms with E-state index in [0.717, 1.165) is 40.8 Å². The molecular weight excluding hydrogens is 640 g/mol. The topological polar surface area (TPSA) is 134 Å². The number of nitrogens with one attached hydrogen (secondary N) is 2. The highest BCUT2D eigenvalue weighted by atomic mass is 16.5. The Morgan fingerprint density at radius 1 is 0.725 bits per heavy atom. The minimum absolute atomic E-state index is 0.00373. The van der Waals surface area contributed by atoms with Crippen molar-refractivity contribution in [3.05, 3.63) is 137 Å². The first kappa shape index (κ1) is 38.8. The van der Waals surface area contributed by atoms with E-state index in [0.29, 0.717) is 43.8 Å². The van der Waals surface area contributed by atoms with E-state index >= 15 is 0 Å². The van der Waals surface area contributed by atoms with Gasteiger partial charge in [-0.2, -0.15) is 0 Å². The highest BCUT2D eigenvalue weighted by Gasteiger charge is 2.23. The van der Waals surface area contributed by atoms with Crippen LogP contribution in [0, 0.1) is 0 Å². The van der Waals surface area contributed by atoms with Crippen molar-refractivity contribution < 1.29 is 24.2 Å². The summed E-state index contributed by atoms with van der Waals surface area (Å²) in [5.41, 5.74) is 10.7. The van der Waals surface area contributed by atoms with E-state index in [1.165, 1.54) is 0 Å². The lowest BCUT2D eigenvalue weighted by atomic mass is 9.98. The summed E-state index contributed by atoms with van der Waals surface area (Å²) in [6.07, 6.45) is 1.41. The number of hydrogen-bond donors (Lipinski definition) is 4. The number of aliphatic hydroxyl groups excluding tert-OH is 1. The van der Waals surface area contributed by atoms with Crippen molar-refractivity contribution in [2.75, 3.05) is 19.6 Å². The summed E-state index contributed by atoms with van der Waals surface area (Å²) in [5.74, 6) is -0.0361. The van der Waals surface area contributed by atoms with Crippen LogP contribution in [0.5, 0.6) is 5.75 Å². The quantitative estimate of drug-likeness (QED) is 0.0982. The highest BCUT2D eigenvalue weighted by molar-refractivity contribution is 5.81. The Morgan fingerprint density at radius 3 is 1.88 bits per heavy atom. The number of amides is 3. The second kappa shape index (κ2) is 20.6. The summed E-state index contributed by atoms with van der Waals surface area (Å²) in [4.78, 5) is 40.5. The van der Waals surface area contributed by atoms with Crippen molar-refractivity contribution >= 4 is 17.7 Å². The van der Waals surface area contributed by atoms with E-state index in [1.807, 2.05) is 116 Å². The summed E-state index contributed by atoms with van der Waals surface area (Å²) in [7, 11) is 0. The first-order chi connectivity index (χ1) is 24.7. The van der Waals surface area contributed by atoms with Crippen molar-refractivity contribution in [1.29, 1.82) is 0 Å². The van der Waals surface area contributed by atoms with Crippen LogP contribution < -0.4 is 21.1 Å². The van der Waals surface area contributed by atoms with Crippen LogP contribution >= 0.6 is 0 Å². The van der Waals surface area contributed by atoms with Crippen molar-refractivity contribution in [3.8, 4) is 5.75 Å². The lowest BCUT2D eigenvalue weighted by Crippen LogP contribution is -2.49. The molecule has 9 heteroatoms. The normalized spacial score (nSPS) is 12.1. The number of ether oxygens (including phenoxy) is 1. The van der Waals surface area contributed by atoms with Crippen LogP contribution in [-0.2, 0) is 53.2 Å². The molecule has 0 spiro atoms. The van der Waals surface area contributed by atoms with Crippen molar-refractivity contribution in [2.45, 2.75) is 77.7 Å². The number of hydrogen-bond acceptors (Lipinski definition) is 6. The summed E-state index contributed by atoms with van der Waals surface area (Å²) in [5, 5.41) is 17.7. The molecule has 0 aliphatic heterocycles. The average molecular weight is 693 g/mol. The third-order valence-corrected chi connectivity index (χ3v) is 8.51. The van der Waals surface area contributed by atoms with Crippen molar-refractivity contribution in [3.63, 3.8) is 0 Å². The van der Waals surface area contributed by atoms with Gasteiger partial charge in [-0.1, -0.05) is 105 Å². The predicted molar refractivity (Wildman–Crippen MR) is 201 cm³/mol. The molecule has 3 amide bonds. The molecule has 4 aromatic carbocycles. The van der Waals surface area contributed by atoms with Gasteiger partial charge in [0.05, 0.1) is 31.4 Å². The van der Waals surface area contributed by atoms with Gasteiger partial charge >= 0.3 is 0 Å². The van der Waals surface area contributed by atoms with E-state index in [9.17, 15) is 19.5 Å². The zero-order valence-electron chi connectivity index (χ0n) is 29.9. The molecule has 0 aliphatic carbocycles. The van der Waals surface area contributed by atoms with Gasteiger partial charge in [-0.25, -0.2) is 0 Å². The molecule has 4 aromatic rings. The van der Waals surface area contributed by atoms with E-state index in [-0.39, 0.29) is 37.6 Å². The summed E-state index contributed by atoms with van der Waals surface area (Å²) < 4.78 is 5.95. The van der Waals surface area contributed by atoms with E-state index in [1.54, 1.807) is 6.07 Å². The Hall–Kier alpha value is -4.99. The number of carbonyl (C=O) groups excluding carboxylic acids is 3. The predicted octanol–water partition coefficient (Wildman–Crippen LogP) is 4.91. The fraction of sp³-hybridized carbons (Fsp3) is 0.357. The molecule has 2 atom stereocenters. The van der Waals surface area contributed by atoms with Gasteiger partial charge in [0, 0.05) is 26.2 Å². The van der Waals surface area contributed by atoms with Crippen molar-refractivity contribution in [1.82, 2.24) is 15.5 Å². The molecule has 9 nitrogen and oxygen atoms in total. The van der Waals surface area contributed by atoms with Crippen LogP contribution in [-0.4, -0.2) is 59.5 Å². The largest absolute Gasteiger partial charge is 0.489 e. The zero-order chi connectivity index (χ0) is 36.4. The maximum Gasteiger partial charge on any atom is 0.226 e. The number of carbonyl (C=O) groups is 3. The molecule has 0 saturated carbocycles. The van der Waals surface area contributed by atoms with Crippen molar-refractivity contribution in [2.24, 2.45) is 5.73 Å². The highest BCUT2D eigenvalue weighted by Crippen LogP contribution is 2.18. The number of nitrogens with zero attached hydrogens (tertiary/aromatic N) is 1. The minimum atomic E-state index is -0.885. The maximum atomic E-state index is 13.6. The molecule has 0 bridgehead atoms. The smallest absolute Gasteiger partial charge is 0.226 e. The monoisotopic (exact) mass is 692 g/mol. The molecular formula is C42H52N4O5. The molecule has 0 heterocycles. The first-order valence-electron chi connectivity index (χ1n) is 17.9. The molecule has 51 heavy (non-hydrogen) atoms. The lowest BCUT2D eigenvalue weighted by molar-refractivity contribution is -0.130. The van der Waals surface area contributed by atoms with Gasteiger partial charge in [-0.3, -0.25) is 14.4 Å². The SMILES string of the molecule is CCCN(CCC)C(=O)Cc1cc(CC(N)=O)cc(CC(=O)N[C@@H](Cc2ccc(OCc3ccccc3)cc2)[C@H](O)CNCc2ccccc2)c1. The standard InChI is InChI=1S/C42H52N4O5/c1-3-19-46(20-4-2)42(50)27-36-22-34(25-40(43)48)21-35(23-36)26-41(49)45-38(39(47)29-44-28-32-11-7-5-8-12-32)24-31-15-17-37(18-16-31)51-30-33-13-9-6-10-14-33/h5-18,21-23,38-39,44,47H,3-4,19-20,24-30H2,1-2H3,(H2,43,48)(H,45,49)/t38-,39+/m0/s1. The molecule has 0 radical (unpaired) electrons. The maximum absolute atomic E-state index is 13.6. The third kappa shape index (κ3) is 13.7. The summed E-state index contributed by atoms with van der Waals surface area (Å²) >= 11 is 0. The Morgan fingerprint density at radius 2 is 1.29 bits per heavy atom. The van der Waals surface area contributed by atoms with Crippen LogP contribution in [0.25, 0.3) is 0 Å². The molecule has 4 rings (SSSR count). The average Bonchev–Trinajstić information content (AvgIpc) is 3.11. The number of aliphatic hydroxyl groups is 1. The summed E-state index contributed by atoms with van der Waals surface area (Å²) in [6.45, 7) is 6.74. The third-order valence-electron chi connectivity index (χ3n) is 8.51. The minimum Gasteiger partial charge on any atom is -0.489 e. The van der Waals surface area contributed by atoms with Crippen LogP contribution in [0.3, 0.4) is 0 Å². The molecule has 270 valence electrons. The van der Waals surface area contributed by atoms with E-state index in [4.69, 9.17) is 10.5 Å². The van der Waals surface area contributed by atoms with Crippen LogP contribution in [0.15, 0.2) is 103 Å². The number of primary amides is 1. The summed E-state index contributed by atoms with van der Waals surface area (Å²) in [6, 6.07) is 32.4. The second-order valence-electron chi connectivity index (χ2n) is 13.0. The van der Waals surface area contributed by atoms with Gasteiger partial charge < -0.3 is 31.1 Å². The number of benzene rings is 4. The van der Waals surface area contributed by atoms with Gasteiger partial charge in [-0.15, -0.1) is 0 Å². The Bertz CT molecular complexity index is 1660. The van der Waals surface area contributed by atoms with E-state index in [2.05, 4.69) is 10.6 Å². The Labute approximate surface area is 302 Å². The molecule has 5 N–H and O–H groups in total. The molecule has 0 unspecified atom stereocenters. The van der Waals surface area contributed by atoms with E-state index < -0.39 is 18.1 Å². The van der Waals surface area contributed by atoms with Crippen LogP contribution in [0.2, 0.25) is 0 Å². The lowest BCUT2D eigenvalue weighted by Gasteiger charge is -2.25.